The van der Waals surface area contributed by atoms with Crippen molar-refractivity contribution in [3.63, 3.8) is 0 Å². The Morgan fingerprint density at radius 1 is 1.44 bits per heavy atom. The molecule has 2 rings (SSSR count). The van der Waals surface area contributed by atoms with E-state index < -0.39 is 0 Å². The summed E-state index contributed by atoms with van der Waals surface area (Å²) >= 11 is 0. The molecule has 4 heteroatoms. The molecule has 3 N–H and O–H groups in total. The highest BCUT2D eigenvalue weighted by Gasteiger charge is 2.20. The third-order valence-corrected chi connectivity index (χ3v) is 3.27. The minimum absolute atomic E-state index is 0.153. The van der Waals surface area contributed by atoms with E-state index in [1.165, 1.54) is 5.56 Å². The maximum atomic E-state index is 11.3. The van der Waals surface area contributed by atoms with Gasteiger partial charge in [-0.15, -0.1) is 0 Å². The summed E-state index contributed by atoms with van der Waals surface area (Å²) in [7, 11) is 0. The summed E-state index contributed by atoms with van der Waals surface area (Å²) in [6, 6.07) is 3.90. The maximum absolute atomic E-state index is 11.3. The molecule has 0 aliphatic heterocycles. The first-order chi connectivity index (χ1) is 8.60. The molecule has 1 aromatic rings. The summed E-state index contributed by atoms with van der Waals surface area (Å²) in [4.78, 5) is 11.3. The monoisotopic (exact) mass is 249 g/mol. The van der Waals surface area contributed by atoms with Gasteiger partial charge in [0.15, 0.2) is 0 Å². The van der Waals surface area contributed by atoms with Crippen LogP contribution in [0.2, 0.25) is 0 Å². The molecule has 98 valence electrons. The second-order valence-electron chi connectivity index (χ2n) is 4.72. The van der Waals surface area contributed by atoms with E-state index in [1.54, 1.807) is 13.0 Å². The lowest BCUT2D eigenvalue weighted by atomic mass is 10.0. The summed E-state index contributed by atoms with van der Waals surface area (Å²) in [5.41, 5.74) is 9.01. The van der Waals surface area contributed by atoms with Crippen molar-refractivity contribution >= 4 is 5.97 Å². The van der Waals surface area contributed by atoms with E-state index in [1.807, 2.05) is 6.07 Å². The Morgan fingerprint density at radius 2 is 2.11 bits per heavy atom. The highest BCUT2D eigenvalue weighted by atomic mass is 16.5. The summed E-state index contributed by atoms with van der Waals surface area (Å²) in [5, 5.41) is 9.91. The molecule has 0 radical (unpaired) electrons. The lowest BCUT2D eigenvalue weighted by Crippen LogP contribution is -2.18. The summed E-state index contributed by atoms with van der Waals surface area (Å²) < 4.78 is 4.87. The Bertz CT molecular complexity index is 457. The van der Waals surface area contributed by atoms with Crippen molar-refractivity contribution in [2.45, 2.75) is 38.6 Å². The number of esters is 1. The zero-order valence-electron chi connectivity index (χ0n) is 10.6. The lowest BCUT2D eigenvalue weighted by molar-refractivity contribution is -0.143. The first-order valence-corrected chi connectivity index (χ1v) is 6.35. The predicted molar refractivity (Wildman–Crippen MR) is 68.4 cm³/mol. The minimum Gasteiger partial charge on any atom is -0.508 e. The molecule has 1 atom stereocenters. The van der Waals surface area contributed by atoms with Crippen molar-refractivity contribution in [3.05, 3.63) is 28.8 Å². The molecule has 1 aliphatic rings. The molecule has 0 saturated carbocycles. The van der Waals surface area contributed by atoms with Gasteiger partial charge in [0.2, 0.25) is 0 Å². The van der Waals surface area contributed by atoms with Crippen molar-refractivity contribution in [1.82, 2.24) is 0 Å². The molecule has 1 unspecified atom stereocenters. The lowest BCUT2D eigenvalue weighted by Gasteiger charge is -2.08. The van der Waals surface area contributed by atoms with Crippen molar-refractivity contribution in [3.8, 4) is 5.75 Å². The van der Waals surface area contributed by atoms with Gasteiger partial charge in [-0.05, 0) is 48.9 Å². The highest BCUT2D eigenvalue weighted by Crippen LogP contribution is 2.29. The van der Waals surface area contributed by atoms with Crippen molar-refractivity contribution in [2.24, 2.45) is 5.73 Å². The van der Waals surface area contributed by atoms with Crippen LogP contribution in [0.25, 0.3) is 0 Å². The normalized spacial score (nSPS) is 17.6. The smallest absolute Gasteiger partial charge is 0.306 e. The number of phenolic OH excluding ortho intramolecular Hbond substituents is 1. The number of fused-ring (bicyclic) bond motifs is 1. The quantitative estimate of drug-likeness (QED) is 0.789. The van der Waals surface area contributed by atoms with Crippen LogP contribution in [-0.2, 0) is 28.8 Å². The van der Waals surface area contributed by atoms with E-state index in [4.69, 9.17) is 10.5 Å². The molecular weight excluding hydrogens is 230 g/mol. The van der Waals surface area contributed by atoms with Gasteiger partial charge in [-0.25, -0.2) is 0 Å². The number of aromatic hydroxyl groups is 1. The third kappa shape index (κ3) is 2.82. The van der Waals surface area contributed by atoms with Crippen molar-refractivity contribution < 1.29 is 14.6 Å². The van der Waals surface area contributed by atoms with Crippen LogP contribution in [-0.4, -0.2) is 23.7 Å². The number of hydrogen-bond donors (Lipinski definition) is 2. The number of benzene rings is 1. The van der Waals surface area contributed by atoms with E-state index >= 15 is 0 Å². The van der Waals surface area contributed by atoms with Crippen LogP contribution in [0.4, 0.5) is 0 Å². The fraction of sp³-hybridized carbons (Fsp3) is 0.500. The van der Waals surface area contributed by atoms with Crippen molar-refractivity contribution in [1.29, 1.82) is 0 Å². The number of hydrogen-bond acceptors (Lipinski definition) is 4. The third-order valence-electron chi connectivity index (χ3n) is 3.27. The summed E-state index contributed by atoms with van der Waals surface area (Å²) in [6.45, 7) is 2.18. The molecule has 0 aromatic heterocycles. The number of rotatable bonds is 4. The molecule has 18 heavy (non-hydrogen) atoms. The Morgan fingerprint density at radius 3 is 2.78 bits per heavy atom. The van der Waals surface area contributed by atoms with E-state index in [0.717, 1.165) is 24.0 Å². The summed E-state index contributed by atoms with van der Waals surface area (Å²) in [6.07, 6.45) is 2.47. The van der Waals surface area contributed by atoms with Crippen LogP contribution in [0.3, 0.4) is 0 Å². The first-order valence-electron chi connectivity index (χ1n) is 6.35. The largest absolute Gasteiger partial charge is 0.508 e. The number of carbonyl (C=O) groups excluding carboxylic acids is 1. The molecular formula is C14H19NO3. The second-order valence-corrected chi connectivity index (χ2v) is 4.72. The molecule has 1 aromatic carbocycles. The van der Waals surface area contributed by atoms with Gasteiger partial charge >= 0.3 is 5.97 Å². The van der Waals surface area contributed by atoms with Crippen LogP contribution >= 0.6 is 0 Å². The molecule has 0 fully saturated rings. The van der Waals surface area contributed by atoms with Gasteiger partial charge in [0, 0.05) is 12.5 Å². The van der Waals surface area contributed by atoms with Crippen LogP contribution < -0.4 is 5.73 Å². The van der Waals surface area contributed by atoms with Crippen LogP contribution in [0.5, 0.6) is 5.75 Å². The number of nitrogens with two attached hydrogens (primary N) is 1. The molecule has 0 heterocycles. The average molecular weight is 249 g/mol. The Labute approximate surface area is 107 Å². The van der Waals surface area contributed by atoms with Gasteiger partial charge in [-0.2, -0.15) is 0 Å². The maximum Gasteiger partial charge on any atom is 0.306 e. The summed E-state index contributed by atoms with van der Waals surface area (Å²) in [5.74, 6) is 0.0289. The van der Waals surface area contributed by atoms with E-state index in [2.05, 4.69) is 0 Å². The number of ether oxygens (including phenoxy) is 1. The van der Waals surface area contributed by atoms with Gasteiger partial charge < -0.3 is 15.6 Å². The standard InChI is InChI=1S/C14H19NO3/c1-2-18-14(17)4-3-9-5-10-6-12(15)7-11(10)8-13(9)16/h5,8,12,16H,2-4,6-7,15H2,1H3. The fourth-order valence-corrected chi connectivity index (χ4v) is 2.41. The SMILES string of the molecule is CCOC(=O)CCc1cc2c(cc1O)CC(N)C2. The molecule has 4 nitrogen and oxygen atoms in total. The molecule has 1 aliphatic carbocycles. The van der Waals surface area contributed by atoms with Gasteiger partial charge in [-0.1, -0.05) is 6.07 Å². The van der Waals surface area contributed by atoms with Crippen LogP contribution in [0, 0.1) is 0 Å². The fourth-order valence-electron chi connectivity index (χ4n) is 2.41. The topological polar surface area (TPSA) is 72.5 Å². The van der Waals surface area contributed by atoms with Crippen LogP contribution in [0.1, 0.15) is 30.0 Å². The van der Waals surface area contributed by atoms with Gasteiger partial charge in [0.1, 0.15) is 5.75 Å². The number of aryl methyl sites for hydroxylation is 1. The van der Waals surface area contributed by atoms with E-state index in [9.17, 15) is 9.90 Å². The molecule has 0 bridgehead atoms. The van der Waals surface area contributed by atoms with Gasteiger partial charge in [0.05, 0.1) is 6.61 Å². The second kappa shape index (κ2) is 5.40. The van der Waals surface area contributed by atoms with Gasteiger partial charge in [-0.3, -0.25) is 4.79 Å². The molecule has 0 saturated heterocycles. The highest BCUT2D eigenvalue weighted by molar-refractivity contribution is 5.69. The zero-order chi connectivity index (χ0) is 13.1. The molecule has 0 spiro atoms. The minimum atomic E-state index is -0.228. The van der Waals surface area contributed by atoms with Crippen molar-refractivity contribution in [2.75, 3.05) is 6.61 Å². The first kappa shape index (κ1) is 12.9. The Hall–Kier alpha value is -1.55. The van der Waals surface area contributed by atoms with E-state index in [0.29, 0.717) is 19.4 Å². The zero-order valence-corrected chi connectivity index (χ0v) is 10.6. The Balaban J connectivity index is 2.06. The number of carbonyl (C=O) groups is 1. The predicted octanol–water partition coefficient (Wildman–Crippen LogP) is 1.31. The van der Waals surface area contributed by atoms with Crippen LogP contribution in [0.15, 0.2) is 12.1 Å². The average Bonchev–Trinajstić information content (AvgIpc) is 2.65. The molecule has 0 amide bonds. The Kier molecular flexibility index (Phi) is 3.87. The van der Waals surface area contributed by atoms with E-state index in [-0.39, 0.29) is 17.8 Å². The van der Waals surface area contributed by atoms with Gasteiger partial charge in [0.25, 0.3) is 0 Å². The number of phenols is 1.